The smallest absolute Gasteiger partial charge is 0.0582 e. The number of rotatable bonds is 1. The standard InChI is InChI=1S/C67H72N2/c1-61(2,3)37-19-24-56-46(27-37)47-28-38(62(4,5)6)20-25-57(47)68(56)41-22-23-42-43-33-52-44(34-51(43)65(13,14)50(42)32-41)45-35-54-59(36-53(45)66(52,15)16)69-58-26-21-39(63(7,8)9)29-48(58)49-30-40(64(10,11)12)31-55(60(49)69)67(54,17)18/h19-36H,1-18H3. The first-order chi connectivity index (χ1) is 32.0. The molecule has 0 bridgehead atoms. The number of hydrogen-bond acceptors (Lipinski definition) is 0. The van der Waals surface area contributed by atoms with E-state index in [1.807, 2.05) is 0 Å². The zero-order chi connectivity index (χ0) is 49.2. The predicted octanol–water partition coefficient (Wildman–Crippen LogP) is 18.3. The normalized spacial score (nSPS) is 16.6. The van der Waals surface area contributed by atoms with Crippen LogP contribution in [0.25, 0.3) is 77.2 Å². The minimum Gasteiger partial charge on any atom is -0.309 e. The van der Waals surface area contributed by atoms with E-state index in [-0.39, 0.29) is 37.9 Å². The third-order valence-corrected chi connectivity index (χ3v) is 17.5. The molecule has 1 aliphatic heterocycles. The molecule has 0 atom stereocenters. The maximum Gasteiger partial charge on any atom is 0.0582 e. The van der Waals surface area contributed by atoms with Crippen LogP contribution in [-0.2, 0) is 37.9 Å². The summed E-state index contributed by atoms with van der Waals surface area (Å²) in [6.07, 6.45) is 0. The van der Waals surface area contributed by atoms with E-state index in [0.29, 0.717) is 0 Å². The Labute approximate surface area is 411 Å². The van der Waals surface area contributed by atoms with Crippen LogP contribution in [0.5, 0.6) is 0 Å². The first-order valence-electron chi connectivity index (χ1n) is 25.8. The van der Waals surface area contributed by atoms with Crippen LogP contribution in [0.3, 0.4) is 0 Å². The van der Waals surface area contributed by atoms with Gasteiger partial charge in [-0.3, -0.25) is 0 Å². The van der Waals surface area contributed by atoms with Crippen molar-refractivity contribution in [3.8, 4) is 33.6 Å². The highest BCUT2D eigenvalue weighted by Crippen LogP contribution is 2.59. The Balaban J connectivity index is 1.03. The minimum atomic E-state index is -0.216. The molecule has 3 aliphatic rings. The van der Waals surface area contributed by atoms with Gasteiger partial charge in [0.2, 0.25) is 0 Å². The van der Waals surface area contributed by atoms with Crippen LogP contribution in [0, 0.1) is 0 Å². The van der Waals surface area contributed by atoms with Crippen LogP contribution in [0.1, 0.15) is 180 Å². The lowest BCUT2D eigenvalue weighted by Crippen LogP contribution is -2.28. The highest BCUT2D eigenvalue weighted by Gasteiger charge is 2.45. The van der Waals surface area contributed by atoms with Crippen LogP contribution in [-0.4, -0.2) is 9.13 Å². The van der Waals surface area contributed by atoms with Gasteiger partial charge in [-0.15, -0.1) is 0 Å². The molecule has 3 heterocycles. The molecule has 2 aliphatic carbocycles. The SMILES string of the molecule is CC(C)(C)c1ccc2c(c1)c1cc(C(C)(C)C)ccc1n2-c1ccc2c(c1)C(C)(C)c1cc3c(cc1-2)C(C)(C)c1cc2c(cc1-3)C(C)(C)c1cc(C(C)(C)C)cc3c4cc(C(C)(C)C)ccc4n-2c13. The van der Waals surface area contributed by atoms with E-state index in [1.165, 1.54) is 133 Å². The molecule has 9 aromatic rings. The van der Waals surface area contributed by atoms with Gasteiger partial charge in [-0.25, -0.2) is 0 Å². The van der Waals surface area contributed by atoms with E-state index < -0.39 is 0 Å². The summed E-state index contributed by atoms with van der Waals surface area (Å²) in [7, 11) is 0. The molecule has 0 radical (unpaired) electrons. The van der Waals surface area contributed by atoms with Gasteiger partial charge in [0.1, 0.15) is 0 Å². The highest BCUT2D eigenvalue weighted by atomic mass is 15.0. The average Bonchev–Trinajstić information content (AvgIpc) is 3.91. The molecule has 2 aromatic heterocycles. The first-order valence-corrected chi connectivity index (χ1v) is 25.8. The van der Waals surface area contributed by atoms with Gasteiger partial charge >= 0.3 is 0 Å². The molecule has 0 N–H and O–H groups in total. The van der Waals surface area contributed by atoms with Crippen LogP contribution >= 0.6 is 0 Å². The maximum absolute atomic E-state index is 2.64. The summed E-state index contributed by atoms with van der Waals surface area (Å²) in [4.78, 5) is 0. The van der Waals surface area contributed by atoms with Crippen molar-refractivity contribution in [1.29, 1.82) is 0 Å². The third-order valence-electron chi connectivity index (χ3n) is 17.5. The van der Waals surface area contributed by atoms with Gasteiger partial charge in [0.05, 0.1) is 27.8 Å². The molecule has 0 saturated carbocycles. The Morgan fingerprint density at radius 3 is 1.16 bits per heavy atom. The van der Waals surface area contributed by atoms with E-state index in [2.05, 4.69) is 243 Å². The molecule has 0 fully saturated rings. The second kappa shape index (κ2) is 13.3. The van der Waals surface area contributed by atoms with Crippen molar-refractivity contribution in [2.45, 2.75) is 163 Å². The van der Waals surface area contributed by atoms with E-state index in [1.54, 1.807) is 0 Å². The lowest BCUT2D eigenvalue weighted by atomic mass is 9.71. The van der Waals surface area contributed by atoms with Crippen LogP contribution in [0.4, 0.5) is 0 Å². The van der Waals surface area contributed by atoms with E-state index in [0.717, 1.165) is 0 Å². The Hall–Kier alpha value is -5.86. The van der Waals surface area contributed by atoms with E-state index >= 15 is 0 Å². The molecular formula is C67H72N2. The topological polar surface area (TPSA) is 9.86 Å². The fraction of sp³-hybridized carbons (Fsp3) is 0.373. The fourth-order valence-electron chi connectivity index (χ4n) is 13.0. The van der Waals surface area contributed by atoms with Gasteiger partial charge in [0.25, 0.3) is 0 Å². The van der Waals surface area contributed by atoms with Gasteiger partial charge in [-0.2, -0.15) is 0 Å². The summed E-state index contributed by atoms with van der Waals surface area (Å²) in [6, 6.07) is 44.4. The molecule has 0 spiro atoms. The Bertz CT molecular complexity index is 3690. The summed E-state index contributed by atoms with van der Waals surface area (Å²) in [5.74, 6) is 0. The summed E-state index contributed by atoms with van der Waals surface area (Å²) in [5.41, 5.74) is 26.9. The van der Waals surface area contributed by atoms with Gasteiger partial charge in [-0.1, -0.05) is 155 Å². The van der Waals surface area contributed by atoms with Gasteiger partial charge in [0.15, 0.2) is 0 Å². The average molecular weight is 905 g/mol. The monoisotopic (exact) mass is 905 g/mol. The number of hydrogen-bond donors (Lipinski definition) is 0. The van der Waals surface area contributed by atoms with Crippen molar-refractivity contribution >= 4 is 43.6 Å². The number of fused-ring (bicyclic) bond motifs is 14. The number of benzene rings is 7. The Kier molecular flexibility index (Phi) is 8.55. The molecular weight excluding hydrogens is 833 g/mol. The lowest BCUT2D eigenvalue weighted by Gasteiger charge is -2.37. The summed E-state index contributed by atoms with van der Waals surface area (Å²) >= 11 is 0. The zero-order valence-corrected chi connectivity index (χ0v) is 44.8. The van der Waals surface area contributed by atoms with Crippen molar-refractivity contribution < 1.29 is 0 Å². The summed E-state index contributed by atoms with van der Waals surface area (Å²) in [5, 5.41) is 5.40. The molecule has 0 saturated heterocycles. The molecule has 0 unspecified atom stereocenters. The van der Waals surface area contributed by atoms with E-state index in [9.17, 15) is 0 Å². The Morgan fingerprint density at radius 1 is 0.304 bits per heavy atom. The lowest BCUT2D eigenvalue weighted by molar-refractivity contribution is 0.581. The molecule has 7 aromatic carbocycles. The molecule has 12 rings (SSSR count). The van der Waals surface area contributed by atoms with Crippen molar-refractivity contribution in [2.75, 3.05) is 0 Å². The highest BCUT2D eigenvalue weighted by molar-refractivity contribution is 6.13. The fourth-order valence-corrected chi connectivity index (χ4v) is 13.0. The Morgan fingerprint density at radius 2 is 0.681 bits per heavy atom. The maximum atomic E-state index is 2.64. The van der Waals surface area contributed by atoms with Crippen LogP contribution in [0.15, 0.2) is 109 Å². The van der Waals surface area contributed by atoms with Crippen molar-refractivity contribution in [3.63, 3.8) is 0 Å². The van der Waals surface area contributed by atoms with Crippen molar-refractivity contribution in [1.82, 2.24) is 9.13 Å². The predicted molar refractivity (Wildman–Crippen MR) is 297 cm³/mol. The summed E-state index contributed by atoms with van der Waals surface area (Å²) in [6.45, 7) is 42.8. The molecule has 0 amide bonds. The summed E-state index contributed by atoms with van der Waals surface area (Å²) < 4.78 is 5.17. The van der Waals surface area contributed by atoms with Crippen molar-refractivity contribution in [2.24, 2.45) is 0 Å². The molecule has 2 heteroatoms. The minimum absolute atomic E-state index is 0.0132. The van der Waals surface area contributed by atoms with Crippen molar-refractivity contribution in [3.05, 3.63) is 165 Å². The molecule has 350 valence electrons. The quantitative estimate of drug-likeness (QED) is 0.155. The molecule has 2 nitrogen and oxygen atoms in total. The zero-order valence-electron chi connectivity index (χ0n) is 44.8. The molecule has 69 heavy (non-hydrogen) atoms. The van der Waals surface area contributed by atoms with Crippen LogP contribution < -0.4 is 0 Å². The number of nitrogens with zero attached hydrogens (tertiary/aromatic N) is 2. The first kappa shape index (κ1) is 44.4. The second-order valence-corrected chi connectivity index (χ2v) is 27.2. The van der Waals surface area contributed by atoms with Gasteiger partial charge in [0, 0.05) is 43.5 Å². The number of aromatic nitrogens is 2. The third kappa shape index (κ3) is 5.96. The van der Waals surface area contributed by atoms with Gasteiger partial charge < -0.3 is 9.13 Å². The van der Waals surface area contributed by atoms with Crippen LogP contribution in [0.2, 0.25) is 0 Å². The second-order valence-electron chi connectivity index (χ2n) is 27.2. The largest absolute Gasteiger partial charge is 0.309 e. The van der Waals surface area contributed by atoms with E-state index in [4.69, 9.17) is 0 Å². The van der Waals surface area contributed by atoms with Gasteiger partial charge in [-0.05, 0) is 178 Å².